The van der Waals surface area contributed by atoms with Gasteiger partial charge in [0.15, 0.2) is 0 Å². The van der Waals surface area contributed by atoms with Crippen molar-refractivity contribution in [2.45, 2.75) is 26.3 Å². The van der Waals surface area contributed by atoms with Crippen molar-refractivity contribution in [2.75, 3.05) is 0 Å². The van der Waals surface area contributed by atoms with Crippen LogP contribution in [-0.4, -0.2) is 0 Å². The molecule has 0 heterocycles. The molecule has 1 heteroatoms. The molecule has 0 fully saturated rings. The second-order valence-electron chi connectivity index (χ2n) is 3.01. The van der Waals surface area contributed by atoms with Crippen LogP contribution in [0.25, 0.3) is 0 Å². The van der Waals surface area contributed by atoms with Gasteiger partial charge in [0.1, 0.15) is 0 Å². The van der Waals surface area contributed by atoms with Gasteiger partial charge >= 0.3 is 0 Å². The van der Waals surface area contributed by atoms with Crippen LogP contribution in [0.15, 0.2) is 18.2 Å². The molecule has 0 amide bonds. The molecule has 1 rings (SSSR count). The molecule has 0 aromatic heterocycles. The molecule has 2 N–H and O–H groups in total. The van der Waals surface area contributed by atoms with Crippen molar-refractivity contribution < 1.29 is 0 Å². The predicted octanol–water partition coefficient (Wildman–Crippen LogP) is 2.07. The third kappa shape index (κ3) is 2.05. The van der Waals surface area contributed by atoms with E-state index in [0.717, 1.165) is 5.56 Å². The highest BCUT2D eigenvalue weighted by atomic mass is 14.5. The van der Waals surface area contributed by atoms with Gasteiger partial charge in [0.05, 0.1) is 0 Å². The summed E-state index contributed by atoms with van der Waals surface area (Å²) in [7, 11) is 0. The van der Waals surface area contributed by atoms with E-state index in [9.17, 15) is 0 Å². The highest BCUT2D eigenvalue weighted by Crippen LogP contribution is 2.14. The van der Waals surface area contributed by atoms with E-state index in [1.54, 1.807) is 0 Å². The Morgan fingerprint density at radius 1 is 1.55 bits per heavy atom. The van der Waals surface area contributed by atoms with Crippen molar-refractivity contribution in [3.63, 3.8) is 0 Å². The second kappa shape index (κ2) is 3.54. The van der Waals surface area contributed by atoms with Gasteiger partial charge in [0.25, 0.3) is 0 Å². The number of hydrogen-bond acceptors (Lipinski definition) is 1. The van der Waals surface area contributed by atoms with Gasteiger partial charge in [-0.05, 0) is 23.1 Å². The van der Waals surface area contributed by atoms with Crippen LogP contribution in [0, 0.1) is 6.07 Å². The Morgan fingerprint density at radius 2 is 2.27 bits per heavy atom. The zero-order chi connectivity index (χ0) is 8.27. The highest BCUT2D eigenvalue weighted by molar-refractivity contribution is 5.24. The summed E-state index contributed by atoms with van der Waals surface area (Å²) in [6.45, 7) is 4.94. The summed E-state index contributed by atoms with van der Waals surface area (Å²) in [5.41, 5.74) is 7.92. The smallest absolute Gasteiger partial charge is 0.0184 e. The lowest BCUT2D eigenvalue weighted by Gasteiger charge is -2.05. The lowest BCUT2D eigenvalue weighted by molar-refractivity contribution is 0.861. The lowest BCUT2D eigenvalue weighted by atomic mass is 10.0. The van der Waals surface area contributed by atoms with Gasteiger partial charge in [-0.25, -0.2) is 0 Å². The zero-order valence-electron chi connectivity index (χ0n) is 7.09. The monoisotopic (exact) mass is 148 g/mol. The van der Waals surface area contributed by atoms with Crippen molar-refractivity contribution in [2.24, 2.45) is 5.73 Å². The molecule has 0 aliphatic heterocycles. The summed E-state index contributed by atoms with van der Waals surface area (Å²) in [6.07, 6.45) is 0. The number of rotatable bonds is 2. The van der Waals surface area contributed by atoms with E-state index in [2.05, 4.69) is 32.0 Å². The third-order valence-electron chi connectivity index (χ3n) is 1.77. The quantitative estimate of drug-likeness (QED) is 0.682. The first kappa shape index (κ1) is 8.28. The molecule has 1 radical (unpaired) electrons. The number of hydrogen-bond donors (Lipinski definition) is 1. The van der Waals surface area contributed by atoms with Crippen LogP contribution in [0.4, 0.5) is 0 Å². The van der Waals surface area contributed by atoms with Crippen molar-refractivity contribution in [3.05, 3.63) is 35.4 Å². The van der Waals surface area contributed by atoms with Crippen LogP contribution < -0.4 is 5.73 Å². The van der Waals surface area contributed by atoms with Crippen LogP contribution in [0.5, 0.6) is 0 Å². The fourth-order valence-electron chi connectivity index (χ4n) is 1.01. The summed E-state index contributed by atoms with van der Waals surface area (Å²) in [4.78, 5) is 0. The number of nitrogens with two attached hydrogens (primary N) is 1. The molecule has 0 spiro atoms. The van der Waals surface area contributed by atoms with E-state index < -0.39 is 0 Å². The topological polar surface area (TPSA) is 26.0 Å². The summed E-state index contributed by atoms with van der Waals surface area (Å²) in [5.74, 6) is 0.579. The molecule has 1 aromatic rings. The average Bonchev–Trinajstić information content (AvgIpc) is 2.05. The minimum Gasteiger partial charge on any atom is -0.326 e. The standard InChI is InChI=1S/C10H14N/c1-8(2)10-5-3-4-9(6-10)7-11/h3,5-6,8H,7,11H2,1-2H3. The molecular formula is C10H14N. The van der Waals surface area contributed by atoms with E-state index in [1.165, 1.54) is 5.56 Å². The maximum absolute atomic E-state index is 5.49. The predicted molar refractivity (Wildman–Crippen MR) is 47.3 cm³/mol. The third-order valence-corrected chi connectivity index (χ3v) is 1.77. The van der Waals surface area contributed by atoms with E-state index in [1.807, 2.05) is 6.07 Å². The minimum absolute atomic E-state index is 0.579. The summed E-state index contributed by atoms with van der Waals surface area (Å²) in [6, 6.07) is 9.23. The van der Waals surface area contributed by atoms with Crippen LogP contribution >= 0.6 is 0 Å². The molecule has 0 saturated carbocycles. The first-order chi connectivity index (χ1) is 5.24. The molecule has 59 valence electrons. The normalized spacial score (nSPS) is 10.5. The fourth-order valence-corrected chi connectivity index (χ4v) is 1.01. The lowest BCUT2D eigenvalue weighted by Crippen LogP contribution is -1.97. The van der Waals surface area contributed by atoms with Crippen LogP contribution in [0.3, 0.4) is 0 Å². The van der Waals surface area contributed by atoms with Gasteiger partial charge in [-0.15, -0.1) is 0 Å². The zero-order valence-corrected chi connectivity index (χ0v) is 7.09. The van der Waals surface area contributed by atoms with Gasteiger partial charge in [-0.1, -0.05) is 32.0 Å². The molecule has 1 nitrogen and oxygen atoms in total. The minimum atomic E-state index is 0.579. The van der Waals surface area contributed by atoms with Gasteiger partial charge in [0, 0.05) is 6.54 Å². The van der Waals surface area contributed by atoms with Crippen molar-refractivity contribution in [1.29, 1.82) is 0 Å². The molecular weight excluding hydrogens is 134 g/mol. The van der Waals surface area contributed by atoms with Gasteiger partial charge in [-0.3, -0.25) is 0 Å². The Hall–Kier alpha value is -0.820. The second-order valence-corrected chi connectivity index (χ2v) is 3.01. The molecule has 0 atom stereocenters. The van der Waals surface area contributed by atoms with E-state index in [-0.39, 0.29) is 0 Å². The summed E-state index contributed by atoms with van der Waals surface area (Å²) < 4.78 is 0. The average molecular weight is 148 g/mol. The molecule has 0 unspecified atom stereocenters. The van der Waals surface area contributed by atoms with Crippen LogP contribution in [-0.2, 0) is 6.54 Å². The van der Waals surface area contributed by atoms with Gasteiger partial charge in [-0.2, -0.15) is 0 Å². The molecule has 0 aliphatic rings. The Morgan fingerprint density at radius 3 is 2.82 bits per heavy atom. The summed E-state index contributed by atoms with van der Waals surface area (Å²) in [5, 5.41) is 0. The molecule has 0 saturated heterocycles. The number of benzene rings is 1. The van der Waals surface area contributed by atoms with Crippen LogP contribution in [0.1, 0.15) is 30.9 Å². The first-order valence-corrected chi connectivity index (χ1v) is 3.94. The molecule has 0 bridgehead atoms. The van der Waals surface area contributed by atoms with Gasteiger partial charge < -0.3 is 5.73 Å². The molecule has 1 aromatic carbocycles. The fraction of sp³-hybridized carbons (Fsp3) is 0.400. The Bertz CT molecular complexity index is 228. The highest BCUT2D eigenvalue weighted by Gasteiger charge is 1.98. The van der Waals surface area contributed by atoms with Crippen molar-refractivity contribution in [3.8, 4) is 0 Å². The Kier molecular flexibility index (Phi) is 2.66. The van der Waals surface area contributed by atoms with Crippen molar-refractivity contribution in [1.82, 2.24) is 0 Å². The van der Waals surface area contributed by atoms with Crippen LogP contribution in [0.2, 0.25) is 0 Å². The van der Waals surface area contributed by atoms with E-state index in [0.29, 0.717) is 12.5 Å². The van der Waals surface area contributed by atoms with E-state index >= 15 is 0 Å². The Balaban J connectivity index is 2.91. The first-order valence-electron chi connectivity index (χ1n) is 3.94. The maximum Gasteiger partial charge on any atom is 0.0184 e. The molecule has 0 aliphatic carbocycles. The van der Waals surface area contributed by atoms with Crippen molar-refractivity contribution >= 4 is 0 Å². The van der Waals surface area contributed by atoms with Gasteiger partial charge in [0.2, 0.25) is 0 Å². The SMILES string of the molecule is CC(C)c1cc[c]c(CN)c1. The Labute approximate surface area is 68.2 Å². The van der Waals surface area contributed by atoms with E-state index in [4.69, 9.17) is 5.73 Å². The maximum atomic E-state index is 5.49. The largest absolute Gasteiger partial charge is 0.326 e. The summed E-state index contributed by atoms with van der Waals surface area (Å²) >= 11 is 0. The molecule has 11 heavy (non-hydrogen) atoms.